The molecule has 3 aromatic rings. The molecule has 0 saturated heterocycles. The molecule has 0 saturated carbocycles. The number of halogens is 1. The third-order valence-electron chi connectivity index (χ3n) is 2.17. The topological polar surface area (TPSA) is 72.9 Å². The Labute approximate surface area is 101 Å². The van der Waals surface area contributed by atoms with E-state index < -0.39 is 0 Å². The third-order valence-corrected chi connectivity index (χ3v) is 2.44. The van der Waals surface area contributed by atoms with Crippen molar-refractivity contribution in [3.8, 4) is 0 Å². The quantitative estimate of drug-likeness (QED) is 0.740. The largest absolute Gasteiger partial charge is 0.320 e. The molecule has 0 fully saturated rings. The van der Waals surface area contributed by atoms with Crippen LogP contribution in [0.2, 0.25) is 5.15 Å². The number of rotatable bonds is 2. The summed E-state index contributed by atoms with van der Waals surface area (Å²) in [5, 5.41) is 11.6. The summed E-state index contributed by atoms with van der Waals surface area (Å²) in [7, 11) is 1.84. The maximum absolute atomic E-state index is 5.90. The highest BCUT2D eigenvalue weighted by Gasteiger charge is 2.07. The van der Waals surface area contributed by atoms with Crippen molar-refractivity contribution in [2.24, 2.45) is 7.05 Å². The van der Waals surface area contributed by atoms with E-state index in [0.717, 1.165) is 5.69 Å². The maximum atomic E-state index is 5.90. The highest BCUT2D eigenvalue weighted by Crippen LogP contribution is 2.16. The minimum Gasteiger partial charge on any atom is -0.320 e. The van der Waals surface area contributed by atoms with Gasteiger partial charge in [0.1, 0.15) is 0 Å². The van der Waals surface area contributed by atoms with Crippen molar-refractivity contribution >= 4 is 28.9 Å². The first kappa shape index (κ1) is 10.0. The van der Waals surface area contributed by atoms with E-state index >= 15 is 0 Å². The Morgan fingerprint density at radius 1 is 1.41 bits per heavy atom. The van der Waals surface area contributed by atoms with Crippen molar-refractivity contribution in [2.75, 3.05) is 5.32 Å². The van der Waals surface area contributed by atoms with E-state index in [4.69, 9.17) is 11.6 Å². The average Bonchev–Trinajstić information content (AvgIpc) is 2.86. The van der Waals surface area contributed by atoms with Gasteiger partial charge in [-0.25, -0.2) is 9.50 Å². The number of anilines is 2. The SMILES string of the molecule is Cn1cc(Nc2nc3c(Cl)nccn3n2)cn1. The van der Waals surface area contributed by atoms with E-state index in [1.807, 2.05) is 13.2 Å². The zero-order valence-electron chi connectivity index (χ0n) is 8.87. The molecule has 0 aromatic carbocycles. The molecule has 17 heavy (non-hydrogen) atoms. The minimum atomic E-state index is 0.319. The molecule has 3 aromatic heterocycles. The van der Waals surface area contributed by atoms with E-state index in [1.54, 1.807) is 27.8 Å². The van der Waals surface area contributed by atoms with Gasteiger partial charge in [-0.1, -0.05) is 11.6 Å². The molecule has 0 bridgehead atoms. The Morgan fingerprint density at radius 2 is 2.29 bits per heavy atom. The molecule has 0 amide bonds. The Hall–Kier alpha value is -2.15. The van der Waals surface area contributed by atoms with Crippen LogP contribution in [0.3, 0.4) is 0 Å². The number of hydrogen-bond donors (Lipinski definition) is 1. The van der Waals surface area contributed by atoms with Crippen LogP contribution in [0.4, 0.5) is 11.6 Å². The number of hydrogen-bond acceptors (Lipinski definition) is 5. The predicted molar refractivity (Wildman–Crippen MR) is 62.3 cm³/mol. The lowest BCUT2D eigenvalue weighted by Gasteiger charge is -1.93. The van der Waals surface area contributed by atoms with Crippen LogP contribution in [0, 0.1) is 0 Å². The Balaban J connectivity index is 1.98. The molecule has 0 radical (unpaired) electrons. The van der Waals surface area contributed by atoms with Crippen molar-refractivity contribution < 1.29 is 0 Å². The van der Waals surface area contributed by atoms with Crippen LogP contribution in [-0.2, 0) is 7.05 Å². The first-order valence-corrected chi connectivity index (χ1v) is 5.23. The first-order chi connectivity index (χ1) is 8.22. The second kappa shape index (κ2) is 3.70. The maximum Gasteiger partial charge on any atom is 0.247 e. The van der Waals surface area contributed by atoms with E-state index in [-0.39, 0.29) is 0 Å². The number of nitrogens with one attached hydrogen (secondary N) is 1. The summed E-state index contributed by atoms with van der Waals surface area (Å²) in [4.78, 5) is 8.16. The Bertz CT molecular complexity index is 671. The van der Waals surface area contributed by atoms with E-state index in [1.165, 1.54) is 0 Å². The van der Waals surface area contributed by atoms with Crippen LogP contribution in [-0.4, -0.2) is 29.4 Å². The van der Waals surface area contributed by atoms with Gasteiger partial charge in [-0.2, -0.15) is 10.1 Å². The smallest absolute Gasteiger partial charge is 0.247 e. The normalized spacial score (nSPS) is 10.9. The zero-order valence-corrected chi connectivity index (χ0v) is 9.63. The molecule has 0 aliphatic carbocycles. The molecule has 7 nitrogen and oxygen atoms in total. The van der Waals surface area contributed by atoms with Gasteiger partial charge < -0.3 is 5.32 Å². The highest BCUT2D eigenvalue weighted by molar-refractivity contribution is 6.32. The molecule has 0 unspecified atom stereocenters. The van der Waals surface area contributed by atoms with Crippen LogP contribution < -0.4 is 5.32 Å². The second-order valence-corrected chi connectivity index (χ2v) is 3.81. The van der Waals surface area contributed by atoms with Crippen LogP contribution in [0.1, 0.15) is 0 Å². The summed E-state index contributed by atoms with van der Waals surface area (Å²) in [5.74, 6) is 0.452. The standard InChI is InChI=1S/C9H8ClN7/c1-16-5-6(4-12-16)13-9-14-8-7(10)11-2-3-17(8)15-9/h2-5H,1H3,(H,13,15). The van der Waals surface area contributed by atoms with Gasteiger partial charge in [0.15, 0.2) is 10.8 Å². The number of fused-ring (bicyclic) bond motifs is 1. The first-order valence-electron chi connectivity index (χ1n) is 4.85. The third kappa shape index (κ3) is 1.80. The van der Waals surface area contributed by atoms with Gasteiger partial charge in [0.25, 0.3) is 0 Å². The molecule has 0 aliphatic heterocycles. The minimum absolute atomic E-state index is 0.319. The van der Waals surface area contributed by atoms with Crippen LogP contribution >= 0.6 is 11.6 Å². The predicted octanol–water partition coefficient (Wildman–Crippen LogP) is 1.25. The van der Waals surface area contributed by atoms with Crippen LogP contribution in [0.25, 0.3) is 5.65 Å². The lowest BCUT2D eigenvalue weighted by molar-refractivity contribution is 0.768. The summed E-state index contributed by atoms with van der Waals surface area (Å²) < 4.78 is 3.25. The van der Waals surface area contributed by atoms with Crippen molar-refractivity contribution in [1.82, 2.24) is 29.4 Å². The molecule has 1 N–H and O–H groups in total. The van der Waals surface area contributed by atoms with Crippen LogP contribution in [0.5, 0.6) is 0 Å². The van der Waals surface area contributed by atoms with Gasteiger partial charge in [-0.05, 0) is 0 Å². The van der Waals surface area contributed by atoms with E-state index in [9.17, 15) is 0 Å². The van der Waals surface area contributed by atoms with Gasteiger partial charge >= 0.3 is 0 Å². The molecule has 0 aliphatic rings. The summed E-state index contributed by atoms with van der Waals surface area (Å²) >= 11 is 5.90. The Morgan fingerprint density at radius 3 is 3.00 bits per heavy atom. The second-order valence-electron chi connectivity index (χ2n) is 3.45. The monoisotopic (exact) mass is 249 g/mol. The molecule has 0 spiro atoms. The highest BCUT2D eigenvalue weighted by atomic mass is 35.5. The number of nitrogens with zero attached hydrogens (tertiary/aromatic N) is 6. The van der Waals surface area contributed by atoms with Crippen molar-refractivity contribution in [3.63, 3.8) is 0 Å². The van der Waals surface area contributed by atoms with Gasteiger partial charge in [0, 0.05) is 25.6 Å². The van der Waals surface area contributed by atoms with E-state index in [2.05, 4.69) is 25.5 Å². The molecule has 8 heteroatoms. The zero-order chi connectivity index (χ0) is 11.8. The van der Waals surface area contributed by atoms with Gasteiger partial charge in [-0.3, -0.25) is 4.68 Å². The Kier molecular flexibility index (Phi) is 2.19. The fourth-order valence-electron chi connectivity index (χ4n) is 1.46. The molecule has 3 rings (SSSR count). The fraction of sp³-hybridized carbons (Fsp3) is 0.111. The molecular formula is C9H8ClN7. The lowest BCUT2D eigenvalue weighted by Crippen LogP contribution is -1.92. The number of aromatic nitrogens is 6. The van der Waals surface area contributed by atoms with Crippen LogP contribution in [0.15, 0.2) is 24.8 Å². The molecule has 86 valence electrons. The fourth-order valence-corrected chi connectivity index (χ4v) is 1.64. The lowest BCUT2D eigenvalue weighted by atomic mass is 10.6. The van der Waals surface area contributed by atoms with Crippen molar-refractivity contribution in [3.05, 3.63) is 29.9 Å². The van der Waals surface area contributed by atoms with Crippen molar-refractivity contribution in [1.29, 1.82) is 0 Å². The summed E-state index contributed by atoms with van der Waals surface area (Å²) in [6.45, 7) is 0. The van der Waals surface area contributed by atoms with Gasteiger partial charge in [0.05, 0.1) is 11.9 Å². The van der Waals surface area contributed by atoms with E-state index in [0.29, 0.717) is 16.7 Å². The number of aryl methyl sites for hydroxylation is 1. The summed E-state index contributed by atoms with van der Waals surface area (Å²) in [5.41, 5.74) is 1.33. The molecule has 3 heterocycles. The summed E-state index contributed by atoms with van der Waals surface area (Å²) in [6.07, 6.45) is 6.76. The van der Waals surface area contributed by atoms with Gasteiger partial charge in [0.2, 0.25) is 5.95 Å². The average molecular weight is 250 g/mol. The summed E-state index contributed by atoms with van der Waals surface area (Å²) in [6, 6.07) is 0. The molecular weight excluding hydrogens is 242 g/mol. The van der Waals surface area contributed by atoms with Crippen molar-refractivity contribution in [2.45, 2.75) is 0 Å². The molecule has 0 atom stereocenters. The van der Waals surface area contributed by atoms with Gasteiger partial charge in [-0.15, -0.1) is 5.10 Å².